The van der Waals surface area contributed by atoms with Gasteiger partial charge in [0.2, 0.25) is 0 Å². The average molecular weight is 284 g/mol. The van der Waals surface area contributed by atoms with Crippen molar-refractivity contribution in [2.75, 3.05) is 24.3 Å². The normalized spacial score (nSPS) is 10.4. The minimum absolute atomic E-state index is 0.644. The van der Waals surface area contributed by atoms with Crippen LogP contribution in [0.25, 0.3) is 0 Å². The highest BCUT2D eigenvalue weighted by atomic mass is 16.5. The van der Waals surface area contributed by atoms with Crippen LogP contribution in [0.5, 0.6) is 5.75 Å². The summed E-state index contributed by atoms with van der Waals surface area (Å²) < 4.78 is 5.55. The van der Waals surface area contributed by atoms with E-state index in [1.165, 1.54) is 11.1 Å². The van der Waals surface area contributed by atoms with E-state index in [1.807, 2.05) is 25.1 Å². The smallest absolute Gasteiger partial charge is 0.123 e. The molecule has 0 aromatic heterocycles. The summed E-state index contributed by atoms with van der Waals surface area (Å²) in [7, 11) is 2.07. The van der Waals surface area contributed by atoms with Crippen molar-refractivity contribution in [2.45, 2.75) is 26.8 Å². The molecule has 0 aliphatic rings. The van der Waals surface area contributed by atoms with E-state index in [4.69, 9.17) is 10.5 Å². The maximum atomic E-state index is 5.95. The van der Waals surface area contributed by atoms with Crippen LogP contribution in [0.2, 0.25) is 0 Å². The summed E-state index contributed by atoms with van der Waals surface area (Å²) in [6, 6.07) is 14.6. The SMILES string of the molecule is CCOc1cc(N)cc(N(C)Cc2ccc(CC)cc2)c1. The van der Waals surface area contributed by atoms with Crippen LogP contribution in [0.1, 0.15) is 25.0 Å². The highest BCUT2D eigenvalue weighted by Gasteiger charge is 2.06. The van der Waals surface area contributed by atoms with E-state index in [9.17, 15) is 0 Å². The Morgan fingerprint density at radius 3 is 2.29 bits per heavy atom. The Morgan fingerprint density at radius 2 is 1.67 bits per heavy atom. The number of hydrogen-bond acceptors (Lipinski definition) is 3. The van der Waals surface area contributed by atoms with Crippen LogP contribution in [0.4, 0.5) is 11.4 Å². The van der Waals surface area contributed by atoms with Crippen LogP contribution in [-0.2, 0) is 13.0 Å². The minimum atomic E-state index is 0.644. The number of nitrogen functional groups attached to an aromatic ring is 1. The molecule has 2 rings (SSSR count). The summed E-state index contributed by atoms with van der Waals surface area (Å²) in [5, 5.41) is 0. The Labute approximate surface area is 127 Å². The van der Waals surface area contributed by atoms with Gasteiger partial charge in [-0.2, -0.15) is 0 Å². The van der Waals surface area contributed by atoms with Gasteiger partial charge in [-0.15, -0.1) is 0 Å². The second kappa shape index (κ2) is 7.02. The minimum Gasteiger partial charge on any atom is -0.494 e. The van der Waals surface area contributed by atoms with Crippen LogP contribution in [0.3, 0.4) is 0 Å². The third-order valence-corrected chi connectivity index (χ3v) is 3.52. The first-order chi connectivity index (χ1) is 10.1. The van der Waals surface area contributed by atoms with Crippen LogP contribution >= 0.6 is 0 Å². The second-order valence-electron chi connectivity index (χ2n) is 5.22. The molecule has 0 saturated carbocycles. The predicted octanol–water partition coefficient (Wildman–Crippen LogP) is 3.87. The molecule has 0 fully saturated rings. The molecule has 0 atom stereocenters. The molecule has 3 heteroatoms. The lowest BCUT2D eigenvalue weighted by Crippen LogP contribution is -2.16. The lowest BCUT2D eigenvalue weighted by Gasteiger charge is -2.21. The number of aryl methyl sites for hydroxylation is 1. The summed E-state index contributed by atoms with van der Waals surface area (Å²) in [5.74, 6) is 0.820. The Kier molecular flexibility index (Phi) is 5.09. The zero-order valence-corrected chi connectivity index (χ0v) is 13.1. The van der Waals surface area contributed by atoms with Crippen molar-refractivity contribution in [2.24, 2.45) is 0 Å². The zero-order chi connectivity index (χ0) is 15.2. The van der Waals surface area contributed by atoms with Gasteiger partial charge in [-0.05, 0) is 30.5 Å². The fraction of sp³-hybridized carbons (Fsp3) is 0.333. The molecule has 3 nitrogen and oxygen atoms in total. The van der Waals surface area contributed by atoms with E-state index in [2.05, 4.69) is 43.1 Å². The van der Waals surface area contributed by atoms with E-state index >= 15 is 0 Å². The largest absolute Gasteiger partial charge is 0.494 e. The average Bonchev–Trinajstić information content (AvgIpc) is 2.48. The van der Waals surface area contributed by atoms with Gasteiger partial charge < -0.3 is 15.4 Å². The van der Waals surface area contributed by atoms with Crippen molar-refractivity contribution < 1.29 is 4.74 Å². The van der Waals surface area contributed by atoms with Gasteiger partial charge in [-0.3, -0.25) is 0 Å². The molecule has 21 heavy (non-hydrogen) atoms. The molecule has 112 valence electrons. The molecule has 2 aromatic carbocycles. The van der Waals surface area contributed by atoms with Gasteiger partial charge >= 0.3 is 0 Å². The van der Waals surface area contributed by atoms with Gasteiger partial charge in [-0.25, -0.2) is 0 Å². The molecule has 0 amide bonds. The van der Waals surface area contributed by atoms with E-state index in [0.29, 0.717) is 6.61 Å². The number of rotatable bonds is 6. The molecule has 0 heterocycles. The number of nitrogens with two attached hydrogens (primary N) is 1. The third-order valence-electron chi connectivity index (χ3n) is 3.52. The summed E-state index contributed by atoms with van der Waals surface area (Å²) in [6.45, 7) is 5.63. The Morgan fingerprint density at radius 1 is 1.00 bits per heavy atom. The lowest BCUT2D eigenvalue weighted by atomic mass is 10.1. The first kappa shape index (κ1) is 15.2. The topological polar surface area (TPSA) is 38.5 Å². The molecule has 0 unspecified atom stereocenters. The molecule has 0 aliphatic heterocycles. The Hall–Kier alpha value is -2.16. The van der Waals surface area contributed by atoms with E-state index in [-0.39, 0.29) is 0 Å². The summed E-state index contributed by atoms with van der Waals surface area (Å²) in [4.78, 5) is 2.18. The summed E-state index contributed by atoms with van der Waals surface area (Å²) in [5.41, 5.74) is 10.4. The molecular formula is C18H24N2O. The molecule has 0 bridgehead atoms. The van der Waals surface area contributed by atoms with Crippen molar-refractivity contribution in [3.8, 4) is 5.75 Å². The van der Waals surface area contributed by atoms with Crippen LogP contribution in [-0.4, -0.2) is 13.7 Å². The van der Waals surface area contributed by atoms with Crippen molar-refractivity contribution in [1.29, 1.82) is 0 Å². The van der Waals surface area contributed by atoms with Crippen molar-refractivity contribution >= 4 is 11.4 Å². The number of nitrogens with zero attached hydrogens (tertiary/aromatic N) is 1. The van der Waals surface area contributed by atoms with E-state index in [1.54, 1.807) is 0 Å². The molecule has 0 saturated heterocycles. The molecule has 0 spiro atoms. The standard InChI is InChI=1S/C18H24N2O/c1-4-14-6-8-15(9-7-14)13-20(3)17-10-16(19)11-18(12-17)21-5-2/h6-12H,4-5,13,19H2,1-3H3. The van der Waals surface area contributed by atoms with Gasteiger partial charge in [0.05, 0.1) is 6.61 Å². The first-order valence-electron chi connectivity index (χ1n) is 7.44. The highest BCUT2D eigenvalue weighted by molar-refractivity contribution is 5.60. The number of ether oxygens (including phenoxy) is 1. The number of hydrogen-bond donors (Lipinski definition) is 1. The van der Waals surface area contributed by atoms with Gasteiger partial charge in [0.1, 0.15) is 5.75 Å². The fourth-order valence-electron chi connectivity index (χ4n) is 2.32. The van der Waals surface area contributed by atoms with Crippen LogP contribution in [0.15, 0.2) is 42.5 Å². The van der Waals surface area contributed by atoms with E-state index in [0.717, 1.165) is 30.1 Å². The second-order valence-corrected chi connectivity index (χ2v) is 5.22. The van der Waals surface area contributed by atoms with Crippen molar-refractivity contribution in [3.63, 3.8) is 0 Å². The maximum Gasteiger partial charge on any atom is 0.123 e. The van der Waals surface area contributed by atoms with Gasteiger partial charge in [0.25, 0.3) is 0 Å². The highest BCUT2D eigenvalue weighted by Crippen LogP contribution is 2.26. The van der Waals surface area contributed by atoms with Gasteiger partial charge in [-0.1, -0.05) is 31.2 Å². The molecule has 2 aromatic rings. The molecular weight excluding hydrogens is 260 g/mol. The van der Waals surface area contributed by atoms with Gasteiger partial charge in [0.15, 0.2) is 0 Å². The Balaban J connectivity index is 2.13. The fourth-order valence-corrected chi connectivity index (χ4v) is 2.32. The monoisotopic (exact) mass is 284 g/mol. The molecule has 0 aliphatic carbocycles. The summed E-state index contributed by atoms with van der Waals surface area (Å²) in [6.07, 6.45) is 1.07. The predicted molar refractivity (Wildman–Crippen MR) is 90.0 cm³/mol. The molecule has 0 radical (unpaired) electrons. The van der Waals surface area contributed by atoms with Crippen molar-refractivity contribution in [1.82, 2.24) is 0 Å². The maximum absolute atomic E-state index is 5.95. The quantitative estimate of drug-likeness (QED) is 0.818. The van der Waals surface area contributed by atoms with Crippen molar-refractivity contribution in [3.05, 3.63) is 53.6 Å². The van der Waals surface area contributed by atoms with Crippen LogP contribution in [0, 0.1) is 0 Å². The third kappa shape index (κ3) is 4.15. The lowest BCUT2D eigenvalue weighted by molar-refractivity contribution is 0.340. The van der Waals surface area contributed by atoms with Crippen LogP contribution < -0.4 is 15.4 Å². The first-order valence-corrected chi connectivity index (χ1v) is 7.44. The number of benzene rings is 2. The van der Waals surface area contributed by atoms with Gasteiger partial charge in [0, 0.05) is 37.1 Å². The zero-order valence-electron chi connectivity index (χ0n) is 13.1. The molecule has 2 N–H and O–H groups in total. The number of anilines is 2. The Bertz CT molecular complexity index is 578. The van der Waals surface area contributed by atoms with E-state index < -0.39 is 0 Å². The summed E-state index contributed by atoms with van der Waals surface area (Å²) >= 11 is 0.